The topological polar surface area (TPSA) is 35.5 Å². The number of halogens is 1. The molecule has 1 atom stereocenters. The smallest absolute Gasteiger partial charge is 0.314 e. The third kappa shape index (κ3) is 4.92. The summed E-state index contributed by atoms with van der Waals surface area (Å²) >= 11 is 0. The number of aryl methyl sites for hydroxylation is 2. The first kappa shape index (κ1) is 20.4. The lowest BCUT2D eigenvalue weighted by atomic mass is 9.90. The van der Waals surface area contributed by atoms with E-state index in [0.29, 0.717) is 19.4 Å². The van der Waals surface area contributed by atoms with Crippen LogP contribution in [0.15, 0.2) is 36.4 Å². The number of ether oxygens (including phenoxy) is 2. The Bertz CT molecular complexity index is 798. The first-order valence-corrected chi connectivity index (χ1v) is 10.4. The molecule has 0 aliphatic carbocycles. The van der Waals surface area contributed by atoms with Crippen LogP contribution >= 0.6 is 0 Å². The Kier molecular flexibility index (Phi) is 7.07. The van der Waals surface area contributed by atoms with E-state index < -0.39 is 5.82 Å². The van der Waals surface area contributed by atoms with Crippen molar-refractivity contribution in [3.63, 3.8) is 0 Å². The highest BCUT2D eigenvalue weighted by atomic mass is 19.1. The molecule has 0 spiro atoms. The number of fused-ring (bicyclic) bond motifs is 1. The van der Waals surface area contributed by atoms with Gasteiger partial charge in [0.25, 0.3) is 0 Å². The number of hydrogen-bond acceptors (Lipinski definition) is 3. The van der Waals surface area contributed by atoms with Crippen LogP contribution in [0.5, 0.6) is 11.5 Å². The van der Waals surface area contributed by atoms with Gasteiger partial charge in [0.15, 0.2) is 11.5 Å². The van der Waals surface area contributed by atoms with Crippen molar-refractivity contribution in [2.75, 3.05) is 6.61 Å². The van der Waals surface area contributed by atoms with Gasteiger partial charge in [0.05, 0.1) is 12.5 Å². The SMILES string of the molecule is CCCCCc1ccc(CCC2Cc3ccc(OCC)c(F)c3OC2=O)cc1. The molecule has 3 nitrogen and oxygen atoms in total. The Balaban J connectivity index is 1.59. The van der Waals surface area contributed by atoms with Crippen molar-refractivity contribution in [2.45, 2.75) is 58.8 Å². The molecule has 1 heterocycles. The van der Waals surface area contributed by atoms with Crippen LogP contribution in [0.2, 0.25) is 0 Å². The molecular weight excluding hydrogens is 355 g/mol. The number of hydrogen-bond donors (Lipinski definition) is 0. The number of esters is 1. The van der Waals surface area contributed by atoms with Crippen LogP contribution < -0.4 is 9.47 Å². The summed E-state index contributed by atoms with van der Waals surface area (Å²) in [6.07, 6.45) is 6.85. The van der Waals surface area contributed by atoms with Crippen LogP contribution in [0.1, 0.15) is 56.2 Å². The standard InChI is InChI=1S/C24H29FO3/c1-3-5-6-7-17-8-10-18(11-9-17)12-13-20-16-19-14-15-21(27-4-2)22(25)23(19)28-24(20)26/h8-11,14-15,20H,3-7,12-13,16H2,1-2H3. The van der Waals surface area contributed by atoms with Crippen molar-refractivity contribution in [3.05, 3.63) is 58.9 Å². The molecule has 150 valence electrons. The van der Waals surface area contributed by atoms with Gasteiger partial charge in [-0.25, -0.2) is 0 Å². The molecule has 4 heteroatoms. The van der Waals surface area contributed by atoms with Gasteiger partial charge in [-0.2, -0.15) is 4.39 Å². The Hall–Kier alpha value is -2.36. The summed E-state index contributed by atoms with van der Waals surface area (Å²) in [4.78, 5) is 12.4. The first-order chi connectivity index (χ1) is 13.6. The van der Waals surface area contributed by atoms with Crippen molar-refractivity contribution in [2.24, 2.45) is 5.92 Å². The van der Waals surface area contributed by atoms with Crippen LogP contribution in [-0.4, -0.2) is 12.6 Å². The predicted octanol–water partition coefficient (Wildman–Crippen LogP) is 5.67. The fourth-order valence-corrected chi connectivity index (χ4v) is 3.66. The molecule has 0 bridgehead atoms. The van der Waals surface area contributed by atoms with Gasteiger partial charge in [-0.1, -0.05) is 50.1 Å². The molecule has 0 fully saturated rings. The minimum absolute atomic E-state index is 0.0311. The quantitative estimate of drug-likeness (QED) is 0.317. The summed E-state index contributed by atoms with van der Waals surface area (Å²) in [5.41, 5.74) is 3.32. The lowest BCUT2D eigenvalue weighted by Gasteiger charge is -2.24. The first-order valence-electron chi connectivity index (χ1n) is 10.4. The van der Waals surface area contributed by atoms with E-state index >= 15 is 0 Å². The Morgan fingerprint density at radius 1 is 1.04 bits per heavy atom. The maximum atomic E-state index is 14.4. The number of carbonyl (C=O) groups is 1. The summed E-state index contributed by atoms with van der Waals surface area (Å²) in [6.45, 7) is 4.37. The molecule has 2 aromatic carbocycles. The molecule has 0 saturated carbocycles. The van der Waals surface area contributed by atoms with E-state index in [9.17, 15) is 9.18 Å². The van der Waals surface area contributed by atoms with E-state index in [1.54, 1.807) is 19.1 Å². The summed E-state index contributed by atoms with van der Waals surface area (Å²) in [7, 11) is 0. The second-order valence-corrected chi connectivity index (χ2v) is 7.43. The zero-order chi connectivity index (χ0) is 19.9. The van der Waals surface area contributed by atoms with Gasteiger partial charge in [0.2, 0.25) is 5.82 Å². The minimum Gasteiger partial charge on any atom is -0.491 e. The van der Waals surface area contributed by atoms with E-state index in [1.807, 2.05) is 0 Å². The predicted molar refractivity (Wildman–Crippen MR) is 108 cm³/mol. The highest BCUT2D eigenvalue weighted by molar-refractivity contribution is 5.78. The van der Waals surface area contributed by atoms with Crippen molar-refractivity contribution in [1.82, 2.24) is 0 Å². The molecule has 0 N–H and O–H groups in total. The van der Waals surface area contributed by atoms with Crippen LogP contribution in [-0.2, 0) is 24.1 Å². The van der Waals surface area contributed by atoms with Gasteiger partial charge in [-0.15, -0.1) is 0 Å². The molecule has 28 heavy (non-hydrogen) atoms. The lowest BCUT2D eigenvalue weighted by molar-refractivity contribution is -0.140. The third-order valence-electron chi connectivity index (χ3n) is 5.32. The number of rotatable bonds is 9. The normalized spacial score (nSPS) is 15.8. The van der Waals surface area contributed by atoms with Crippen molar-refractivity contribution < 1.29 is 18.7 Å². The van der Waals surface area contributed by atoms with Gasteiger partial charge in [0, 0.05) is 0 Å². The number of unbranched alkanes of at least 4 members (excludes halogenated alkanes) is 2. The maximum Gasteiger partial charge on any atom is 0.314 e. The van der Waals surface area contributed by atoms with Crippen molar-refractivity contribution in [3.8, 4) is 11.5 Å². The summed E-state index contributed by atoms with van der Waals surface area (Å²) in [5.74, 6) is -1.01. The van der Waals surface area contributed by atoms with E-state index in [2.05, 4.69) is 31.2 Å². The highest BCUT2D eigenvalue weighted by Gasteiger charge is 2.31. The summed E-state index contributed by atoms with van der Waals surface area (Å²) < 4.78 is 25.0. The molecule has 1 aliphatic heterocycles. The minimum atomic E-state index is -0.579. The van der Waals surface area contributed by atoms with Gasteiger partial charge < -0.3 is 9.47 Å². The molecule has 1 aliphatic rings. The molecule has 0 saturated heterocycles. The average Bonchev–Trinajstić information content (AvgIpc) is 2.70. The maximum absolute atomic E-state index is 14.4. The zero-order valence-electron chi connectivity index (χ0n) is 16.8. The summed E-state index contributed by atoms with van der Waals surface area (Å²) in [5, 5.41) is 0. The van der Waals surface area contributed by atoms with Crippen LogP contribution in [0, 0.1) is 11.7 Å². The second-order valence-electron chi connectivity index (χ2n) is 7.43. The Morgan fingerprint density at radius 2 is 1.75 bits per heavy atom. The molecule has 3 rings (SSSR count). The number of benzene rings is 2. The monoisotopic (exact) mass is 384 g/mol. The van der Waals surface area contributed by atoms with Crippen molar-refractivity contribution in [1.29, 1.82) is 0 Å². The lowest BCUT2D eigenvalue weighted by Crippen LogP contribution is -2.28. The van der Waals surface area contributed by atoms with Gasteiger partial charge >= 0.3 is 5.97 Å². The van der Waals surface area contributed by atoms with E-state index in [4.69, 9.17) is 9.47 Å². The molecule has 0 radical (unpaired) electrons. The average molecular weight is 384 g/mol. The van der Waals surface area contributed by atoms with Crippen LogP contribution in [0.3, 0.4) is 0 Å². The molecular formula is C24H29FO3. The molecule has 0 aromatic heterocycles. The fraction of sp³-hybridized carbons (Fsp3) is 0.458. The zero-order valence-corrected chi connectivity index (χ0v) is 16.8. The second kappa shape index (κ2) is 9.72. The van der Waals surface area contributed by atoms with Crippen LogP contribution in [0.4, 0.5) is 4.39 Å². The fourth-order valence-electron chi connectivity index (χ4n) is 3.66. The molecule has 1 unspecified atom stereocenters. The van der Waals surface area contributed by atoms with E-state index in [-0.39, 0.29) is 23.4 Å². The van der Waals surface area contributed by atoms with Crippen molar-refractivity contribution >= 4 is 5.97 Å². The van der Waals surface area contributed by atoms with E-state index in [0.717, 1.165) is 18.4 Å². The van der Waals surface area contributed by atoms with Gasteiger partial charge in [-0.05, 0) is 61.8 Å². The molecule has 0 amide bonds. The number of carbonyl (C=O) groups excluding carboxylic acids is 1. The van der Waals surface area contributed by atoms with Gasteiger partial charge in [0.1, 0.15) is 0 Å². The highest BCUT2D eigenvalue weighted by Crippen LogP contribution is 2.36. The third-order valence-corrected chi connectivity index (χ3v) is 5.32. The van der Waals surface area contributed by atoms with Gasteiger partial charge in [-0.3, -0.25) is 4.79 Å². The Labute approximate surface area is 166 Å². The largest absolute Gasteiger partial charge is 0.491 e. The van der Waals surface area contributed by atoms with Crippen LogP contribution in [0.25, 0.3) is 0 Å². The summed E-state index contributed by atoms with van der Waals surface area (Å²) in [6, 6.07) is 12.1. The Morgan fingerprint density at radius 3 is 2.43 bits per heavy atom. The van der Waals surface area contributed by atoms with E-state index in [1.165, 1.54) is 30.4 Å². The molecule has 2 aromatic rings.